The molecule has 1 saturated heterocycles. The number of hydrogen-bond acceptors (Lipinski definition) is 3. The van der Waals surface area contributed by atoms with Crippen molar-refractivity contribution < 1.29 is 9.90 Å². The minimum Gasteiger partial charge on any atom is -0.396 e. The molecule has 1 heterocycles. The Bertz CT molecular complexity index is 273. The molecule has 0 radical (unpaired) electrons. The quantitative estimate of drug-likeness (QED) is 0.659. The molecule has 4 nitrogen and oxygen atoms in total. The van der Waals surface area contributed by atoms with E-state index in [9.17, 15) is 4.79 Å². The standard InChI is InChI=1S/C15H30N2O2/c1-4-6-12(7-10-18)11-17-14(19)13-15(2,3)8-5-9-16-13/h12-13,16,18H,4-11H2,1-3H3,(H,17,19). The van der Waals surface area contributed by atoms with E-state index < -0.39 is 0 Å². The van der Waals surface area contributed by atoms with Crippen molar-refractivity contribution in [2.75, 3.05) is 19.7 Å². The van der Waals surface area contributed by atoms with Gasteiger partial charge in [-0.25, -0.2) is 0 Å². The van der Waals surface area contributed by atoms with E-state index in [0.717, 1.165) is 38.6 Å². The van der Waals surface area contributed by atoms with Crippen molar-refractivity contribution in [3.8, 4) is 0 Å². The van der Waals surface area contributed by atoms with E-state index in [1.165, 1.54) is 0 Å². The van der Waals surface area contributed by atoms with Crippen LogP contribution in [0.4, 0.5) is 0 Å². The van der Waals surface area contributed by atoms with E-state index in [4.69, 9.17) is 5.11 Å². The Hall–Kier alpha value is -0.610. The number of piperidine rings is 1. The van der Waals surface area contributed by atoms with Gasteiger partial charge in [0.05, 0.1) is 6.04 Å². The van der Waals surface area contributed by atoms with Crippen LogP contribution in [0.2, 0.25) is 0 Å². The van der Waals surface area contributed by atoms with Gasteiger partial charge in [-0.2, -0.15) is 0 Å². The first-order valence-electron chi connectivity index (χ1n) is 7.63. The van der Waals surface area contributed by atoms with Crippen LogP contribution in [0.15, 0.2) is 0 Å². The van der Waals surface area contributed by atoms with Crippen LogP contribution < -0.4 is 10.6 Å². The molecule has 1 rings (SSSR count). The summed E-state index contributed by atoms with van der Waals surface area (Å²) >= 11 is 0. The fourth-order valence-electron chi connectivity index (χ4n) is 2.94. The maximum Gasteiger partial charge on any atom is 0.237 e. The summed E-state index contributed by atoms with van der Waals surface area (Å²) in [6, 6.07) is -0.0855. The number of carbonyl (C=O) groups is 1. The molecular weight excluding hydrogens is 240 g/mol. The number of aliphatic hydroxyl groups excluding tert-OH is 1. The average molecular weight is 270 g/mol. The van der Waals surface area contributed by atoms with Gasteiger partial charge in [0.15, 0.2) is 0 Å². The van der Waals surface area contributed by atoms with Crippen LogP contribution in [-0.2, 0) is 4.79 Å². The van der Waals surface area contributed by atoms with Crippen molar-refractivity contribution in [1.82, 2.24) is 10.6 Å². The van der Waals surface area contributed by atoms with Gasteiger partial charge in [0.1, 0.15) is 0 Å². The van der Waals surface area contributed by atoms with E-state index >= 15 is 0 Å². The van der Waals surface area contributed by atoms with Gasteiger partial charge in [0, 0.05) is 13.2 Å². The Morgan fingerprint density at radius 3 is 2.79 bits per heavy atom. The molecule has 112 valence electrons. The molecule has 2 unspecified atom stereocenters. The zero-order chi connectivity index (χ0) is 14.3. The first kappa shape index (κ1) is 16.4. The molecule has 4 heteroatoms. The maximum atomic E-state index is 12.3. The zero-order valence-corrected chi connectivity index (χ0v) is 12.7. The van der Waals surface area contributed by atoms with Gasteiger partial charge in [-0.1, -0.05) is 27.2 Å². The Balaban J connectivity index is 2.44. The largest absolute Gasteiger partial charge is 0.396 e. The second-order valence-electron chi connectivity index (χ2n) is 6.39. The van der Waals surface area contributed by atoms with Crippen molar-refractivity contribution in [3.63, 3.8) is 0 Å². The third kappa shape index (κ3) is 5.11. The van der Waals surface area contributed by atoms with Gasteiger partial charge in [-0.3, -0.25) is 4.79 Å². The summed E-state index contributed by atoms with van der Waals surface area (Å²) < 4.78 is 0. The third-order valence-corrected chi connectivity index (χ3v) is 4.19. The monoisotopic (exact) mass is 270 g/mol. The van der Waals surface area contributed by atoms with Gasteiger partial charge in [0.25, 0.3) is 0 Å². The summed E-state index contributed by atoms with van der Waals surface area (Å²) in [5, 5.41) is 15.4. The summed E-state index contributed by atoms with van der Waals surface area (Å²) in [5.74, 6) is 0.509. The lowest BCUT2D eigenvalue weighted by molar-refractivity contribution is -0.127. The minimum absolute atomic E-state index is 0.0273. The maximum absolute atomic E-state index is 12.3. The first-order chi connectivity index (χ1) is 9.01. The van der Waals surface area contributed by atoms with Gasteiger partial charge >= 0.3 is 0 Å². The zero-order valence-electron chi connectivity index (χ0n) is 12.7. The smallest absolute Gasteiger partial charge is 0.237 e. The van der Waals surface area contributed by atoms with Gasteiger partial charge in [-0.15, -0.1) is 0 Å². The summed E-state index contributed by atoms with van der Waals surface area (Å²) in [6.45, 7) is 8.26. The molecule has 0 saturated carbocycles. The topological polar surface area (TPSA) is 61.4 Å². The van der Waals surface area contributed by atoms with Crippen LogP contribution >= 0.6 is 0 Å². The molecular formula is C15H30N2O2. The van der Waals surface area contributed by atoms with E-state index in [1.807, 2.05) is 0 Å². The van der Waals surface area contributed by atoms with Crippen molar-refractivity contribution in [3.05, 3.63) is 0 Å². The average Bonchev–Trinajstić information content (AvgIpc) is 2.35. The molecule has 2 atom stereocenters. The molecule has 0 aromatic heterocycles. The van der Waals surface area contributed by atoms with Gasteiger partial charge < -0.3 is 15.7 Å². The Morgan fingerprint density at radius 1 is 1.47 bits per heavy atom. The van der Waals surface area contributed by atoms with Crippen molar-refractivity contribution in [1.29, 1.82) is 0 Å². The van der Waals surface area contributed by atoms with Crippen molar-refractivity contribution >= 4 is 5.91 Å². The van der Waals surface area contributed by atoms with Crippen LogP contribution in [0.5, 0.6) is 0 Å². The second-order valence-corrected chi connectivity index (χ2v) is 6.39. The number of amides is 1. The molecule has 1 aliphatic heterocycles. The van der Waals surface area contributed by atoms with E-state index in [-0.39, 0.29) is 24.0 Å². The molecule has 0 aromatic carbocycles. The highest BCUT2D eigenvalue weighted by atomic mass is 16.3. The van der Waals surface area contributed by atoms with Crippen molar-refractivity contribution in [2.24, 2.45) is 11.3 Å². The molecule has 3 N–H and O–H groups in total. The van der Waals surface area contributed by atoms with Crippen LogP contribution in [0.1, 0.15) is 52.9 Å². The van der Waals surface area contributed by atoms with Crippen LogP contribution in [0, 0.1) is 11.3 Å². The predicted octanol–water partition coefficient (Wildman–Crippen LogP) is 1.68. The third-order valence-electron chi connectivity index (χ3n) is 4.19. The number of aliphatic hydroxyl groups is 1. The lowest BCUT2D eigenvalue weighted by Gasteiger charge is -2.38. The lowest BCUT2D eigenvalue weighted by Crippen LogP contribution is -2.56. The minimum atomic E-state index is -0.0855. The summed E-state index contributed by atoms with van der Waals surface area (Å²) in [5.41, 5.74) is 0.0273. The highest BCUT2D eigenvalue weighted by Crippen LogP contribution is 2.30. The second kappa shape index (κ2) is 7.85. The molecule has 0 aliphatic carbocycles. The van der Waals surface area contributed by atoms with Gasteiger partial charge in [0.2, 0.25) is 5.91 Å². The van der Waals surface area contributed by atoms with E-state index in [0.29, 0.717) is 12.5 Å². The van der Waals surface area contributed by atoms with Crippen LogP contribution in [-0.4, -0.2) is 36.8 Å². The lowest BCUT2D eigenvalue weighted by atomic mass is 9.77. The number of carbonyl (C=O) groups excluding carboxylic acids is 1. The number of rotatable bonds is 7. The fourth-order valence-corrected chi connectivity index (χ4v) is 2.94. The Labute approximate surface area is 117 Å². The molecule has 1 aliphatic rings. The molecule has 1 fully saturated rings. The molecule has 1 amide bonds. The molecule has 0 spiro atoms. The van der Waals surface area contributed by atoms with Gasteiger partial charge in [-0.05, 0) is 43.6 Å². The molecule has 0 aromatic rings. The molecule has 0 bridgehead atoms. The number of nitrogens with one attached hydrogen (secondary N) is 2. The van der Waals surface area contributed by atoms with E-state index in [2.05, 4.69) is 31.4 Å². The summed E-state index contributed by atoms with van der Waals surface area (Å²) in [4.78, 5) is 12.3. The highest BCUT2D eigenvalue weighted by molar-refractivity contribution is 5.82. The molecule has 19 heavy (non-hydrogen) atoms. The fraction of sp³-hybridized carbons (Fsp3) is 0.933. The SMILES string of the molecule is CCCC(CCO)CNC(=O)C1NCCCC1(C)C. The predicted molar refractivity (Wildman–Crippen MR) is 77.9 cm³/mol. The van der Waals surface area contributed by atoms with Crippen LogP contribution in [0.3, 0.4) is 0 Å². The Kier molecular flexibility index (Phi) is 6.80. The van der Waals surface area contributed by atoms with E-state index in [1.54, 1.807) is 0 Å². The normalized spacial score (nSPS) is 23.9. The van der Waals surface area contributed by atoms with Crippen LogP contribution in [0.25, 0.3) is 0 Å². The summed E-state index contributed by atoms with van der Waals surface area (Å²) in [6.07, 6.45) is 5.15. The van der Waals surface area contributed by atoms with Crippen molar-refractivity contribution in [2.45, 2.75) is 58.9 Å². The first-order valence-corrected chi connectivity index (χ1v) is 7.63. The highest BCUT2D eigenvalue weighted by Gasteiger charge is 2.36. The number of hydrogen-bond donors (Lipinski definition) is 3. The summed E-state index contributed by atoms with van der Waals surface area (Å²) in [7, 11) is 0. The Morgan fingerprint density at radius 2 is 2.21 bits per heavy atom.